The monoisotopic (exact) mass is 518 g/mol. The highest BCUT2D eigenvalue weighted by atomic mass is 35.5. The average molecular weight is 519 g/mol. The van der Waals surface area contributed by atoms with Crippen LogP contribution in [0.5, 0.6) is 5.88 Å². The SMILES string of the molecule is O=C(OC1(OC(=O)C(F)(F)F)CNCc2ccc(-c3c(Cl)cccc3Cl)nc2O1)C(F)(F)F. The Morgan fingerprint density at radius 1 is 0.970 bits per heavy atom. The molecule has 0 amide bonds. The summed E-state index contributed by atoms with van der Waals surface area (Å²) in [5, 5.41) is 2.63. The maximum Gasteiger partial charge on any atom is 0.491 e. The Balaban J connectivity index is 2.07. The number of carbonyl (C=O) groups excluding carboxylic acids is 2. The molecule has 0 radical (unpaired) electrons. The summed E-state index contributed by atoms with van der Waals surface area (Å²) in [4.78, 5) is 26.8. The van der Waals surface area contributed by atoms with E-state index in [2.05, 4.69) is 19.8 Å². The maximum absolute atomic E-state index is 12.8. The molecule has 1 aliphatic heterocycles. The third kappa shape index (κ3) is 5.60. The van der Waals surface area contributed by atoms with E-state index in [1.54, 1.807) is 0 Å². The highest BCUT2D eigenvalue weighted by Gasteiger charge is 2.55. The van der Waals surface area contributed by atoms with Gasteiger partial charge in [-0.1, -0.05) is 35.3 Å². The lowest BCUT2D eigenvalue weighted by Gasteiger charge is -2.31. The lowest BCUT2D eigenvalue weighted by atomic mass is 10.1. The fraction of sp³-hybridized carbons (Fsp3) is 0.278. The minimum absolute atomic E-state index is 0.0180. The number of alkyl halides is 6. The Morgan fingerprint density at radius 2 is 1.52 bits per heavy atom. The molecule has 0 fully saturated rings. The van der Waals surface area contributed by atoms with Crippen LogP contribution in [0.25, 0.3) is 11.3 Å². The molecule has 2 heterocycles. The molecule has 1 aromatic carbocycles. The minimum Gasteiger partial charge on any atom is -0.401 e. The van der Waals surface area contributed by atoms with Crippen molar-refractivity contribution in [3.63, 3.8) is 0 Å². The number of aromatic nitrogens is 1. The molecule has 0 atom stereocenters. The Kier molecular flexibility index (Phi) is 6.69. The van der Waals surface area contributed by atoms with Crippen molar-refractivity contribution >= 4 is 35.1 Å². The molecule has 0 saturated carbocycles. The Morgan fingerprint density at radius 3 is 2.03 bits per heavy atom. The van der Waals surface area contributed by atoms with Gasteiger partial charge in [0, 0.05) is 17.7 Å². The number of nitrogens with one attached hydrogen (secondary N) is 1. The molecule has 0 saturated heterocycles. The van der Waals surface area contributed by atoms with Crippen LogP contribution >= 0.6 is 23.2 Å². The summed E-state index contributed by atoms with van der Waals surface area (Å²) in [5.41, 5.74) is 0.314. The Bertz CT molecular complexity index is 1040. The number of esters is 2. The molecule has 15 heteroatoms. The van der Waals surface area contributed by atoms with E-state index in [-0.39, 0.29) is 33.4 Å². The summed E-state index contributed by atoms with van der Waals surface area (Å²) in [6.07, 6.45) is -11.3. The number of hydrogen-bond acceptors (Lipinski definition) is 7. The van der Waals surface area contributed by atoms with Gasteiger partial charge in [-0.15, -0.1) is 0 Å². The maximum atomic E-state index is 12.8. The van der Waals surface area contributed by atoms with Crippen LogP contribution in [0.2, 0.25) is 10.0 Å². The van der Waals surface area contributed by atoms with E-state index in [9.17, 15) is 35.9 Å². The van der Waals surface area contributed by atoms with Gasteiger partial charge in [0.05, 0.1) is 15.7 Å². The van der Waals surface area contributed by atoms with Gasteiger partial charge in [0.15, 0.2) is 0 Å². The molecule has 178 valence electrons. The smallest absolute Gasteiger partial charge is 0.401 e. The molecule has 1 aromatic heterocycles. The van der Waals surface area contributed by atoms with Gasteiger partial charge in [0.1, 0.15) is 6.54 Å². The highest BCUT2D eigenvalue weighted by molar-refractivity contribution is 6.39. The third-order valence-electron chi connectivity index (χ3n) is 4.03. The Hall–Kier alpha value is -2.77. The van der Waals surface area contributed by atoms with Crippen molar-refractivity contribution < 1.29 is 50.1 Å². The number of benzene rings is 1. The summed E-state index contributed by atoms with van der Waals surface area (Å²) < 4.78 is 89.7. The van der Waals surface area contributed by atoms with Gasteiger partial charge < -0.3 is 19.5 Å². The summed E-state index contributed by atoms with van der Waals surface area (Å²) in [6, 6.07) is 7.21. The number of nitrogens with zero attached hydrogens (tertiary/aromatic N) is 1. The zero-order chi connectivity index (χ0) is 24.6. The second kappa shape index (κ2) is 8.88. The summed E-state index contributed by atoms with van der Waals surface area (Å²) >= 11 is 12.2. The van der Waals surface area contributed by atoms with Crippen LogP contribution in [-0.2, 0) is 25.6 Å². The number of carbonyl (C=O) groups is 2. The van der Waals surface area contributed by atoms with Crippen molar-refractivity contribution in [1.82, 2.24) is 10.3 Å². The molecular weight excluding hydrogens is 509 g/mol. The largest absolute Gasteiger partial charge is 0.491 e. The van der Waals surface area contributed by atoms with Crippen molar-refractivity contribution in [1.29, 1.82) is 0 Å². The van der Waals surface area contributed by atoms with Crippen molar-refractivity contribution in [2.24, 2.45) is 0 Å². The first-order valence-electron chi connectivity index (χ1n) is 8.66. The molecule has 0 bridgehead atoms. The van der Waals surface area contributed by atoms with Gasteiger partial charge in [-0.2, -0.15) is 26.3 Å². The first kappa shape index (κ1) is 24.9. The molecule has 1 aliphatic rings. The van der Waals surface area contributed by atoms with E-state index < -0.39 is 42.7 Å². The van der Waals surface area contributed by atoms with Gasteiger partial charge in [-0.25, -0.2) is 14.6 Å². The lowest BCUT2D eigenvalue weighted by molar-refractivity contribution is -0.331. The first-order valence-corrected chi connectivity index (χ1v) is 9.42. The zero-order valence-corrected chi connectivity index (χ0v) is 17.3. The average Bonchev–Trinajstić information content (AvgIpc) is 2.85. The van der Waals surface area contributed by atoms with Crippen LogP contribution in [0.4, 0.5) is 26.3 Å². The van der Waals surface area contributed by atoms with Gasteiger partial charge in [-0.3, -0.25) is 0 Å². The van der Waals surface area contributed by atoms with Gasteiger partial charge in [0.2, 0.25) is 5.88 Å². The molecule has 1 N–H and O–H groups in total. The van der Waals surface area contributed by atoms with Crippen molar-refractivity contribution in [3.05, 3.63) is 45.9 Å². The second-order valence-corrected chi connectivity index (χ2v) is 7.24. The third-order valence-corrected chi connectivity index (χ3v) is 4.66. The summed E-state index contributed by atoms with van der Waals surface area (Å²) in [5.74, 6) is -10.0. The van der Waals surface area contributed by atoms with Crippen LogP contribution in [0.3, 0.4) is 0 Å². The molecule has 0 spiro atoms. The van der Waals surface area contributed by atoms with Crippen LogP contribution in [0.1, 0.15) is 5.56 Å². The summed E-state index contributed by atoms with van der Waals surface area (Å²) in [7, 11) is 0. The van der Waals surface area contributed by atoms with E-state index in [1.807, 2.05) is 0 Å². The van der Waals surface area contributed by atoms with Crippen LogP contribution in [0.15, 0.2) is 30.3 Å². The quantitative estimate of drug-likeness (QED) is 0.366. The van der Waals surface area contributed by atoms with E-state index in [1.165, 1.54) is 30.3 Å². The molecule has 0 aliphatic carbocycles. The number of halogens is 8. The summed E-state index contributed by atoms with van der Waals surface area (Å²) in [6.45, 7) is -1.30. The normalized spacial score (nSPS) is 15.6. The minimum atomic E-state index is -5.64. The van der Waals surface area contributed by atoms with Crippen LogP contribution in [0, 0.1) is 0 Å². The zero-order valence-electron chi connectivity index (χ0n) is 15.8. The fourth-order valence-corrected chi connectivity index (χ4v) is 3.23. The highest BCUT2D eigenvalue weighted by Crippen LogP contribution is 2.37. The van der Waals surface area contributed by atoms with Crippen LogP contribution < -0.4 is 10.1 Å². The number of rotatable bonds is 3. The van der Waals surface area contributed by atoms with E-state index >= 15 is 0 Å². The van der Waals surface area contributed by atoms with Crippen LogP contribution in [-0.4, -0.2) is 41.8 Å². The number of hydrogen-bond donors (Lipinski definition) is 1. The second-order valence-electron chi connectivity index (χ2n) is 6.42. The van der Waals surface area contributed by atoms with E-state index in [4.69, 9.17) is 27.9 Å². The standard InChI is InChI=1S/C18H10Cl2F6N2O5/c19-9-2-1-3-10(20)12(9)11-5-4-8-6-27-7-16(31-13(8)28-11,32-14(29)17(21,22)23)33-15(30)18(24,25)26/h1-5,27H,6-7H2. The number of ether oxygens (including phenoxy) is 3. The molecular formula is C18H10Cl2F6N2O5. The fourth-order valence-electron chi connectivity index (χ4n) is 2.64. The van der Waals surface area contributed by atoms with Crippen molar-refractivity contribution in [3.8, 4) is 17.1 Å². The van der Waals surface area contributed by atoms with Gasteiger partial charge >= 0.3 is 30.3 Å². The van der Waals surface area contributed by atoms with Crippen molar-refractivity contribution in [2.75, 3.05) is 6.54 Å². The molecule has 33 heavy (non-hydrogen) atoms. The van der Waals surface area contributed by atoms with Crippen molar-refractivity contribution in [2.45, 2.75) is 24.9 Å². The Labute approximate surface area is 190 Å². The number of pyridine rings is 1. The predicted octanol–water partition coefficient (Wildman–Crippen LogP) is 4.40. The molecule has 7 nitrogen and oxygen atoms in total. The predicted molar refractivity (Wildman–Crippen MR) is 99.1 cm³/mol. The van der Waals surface area contributed by atoms with Gasteiger partial charge in [0.25, 0.3) is 0 Å². The molecule has 3 rings (SSSR count). The molecule has 2 aromatic rings. The lowest BCUT2D eigenvalue weighted by Crippen LogP contribution is -2.55. The van der Waals surface area contributed by atoms with Gasteiger partial charge in [-0.05, 0) is 18.2 Å². The number of fused-ring (bicyclic) bond motifs is 1. The molecule has 0 unspecified atom stereocenters. The first-order chi connectivity index (χ1) is 15.2. The van der Waals surface area contributed by atoms with E-state index in [0.29, 0.717) is 0 Å². The topological polar surface area (TPSA) is 86.8 Å². The van der Waals surface area contributed by atoms with E-state index in [0.717, 1.165) is 0 Å².